The number of nitrogens with one attached hydrogen (secondary N) is 1. The molecule has 0 saturated heterocycles. The van der Waals surface area contributed by atoms with E-state index in [1.54, 1.807) is 31.4 Å². The van der Waals surface area contributed by atoms with Gasteiger partial charge in [0.15, 0.2) is 17.8 Å². The third-order valence-electron chi connectivity index (χ3n) is 3.31. The van der Waals surface area contributed by atoms with Gasteiger partial charge in [0, 0.05) is 5.56 Å². The van der Waals surface area contributed by atoms with Gasteiger partial charge in [-0.25, -0.2) is 9.37 Å². The number of benzene rings is 2. The van der Waals surface area contributed by atoms with Gasteiger partial charge in [-0.05, 0) is 42.5 Å². The highest BCUT2D eigenvalue weighted by atomic mass is 35.5. The molecular weight excluding hydrogens is 335 g/mol. The highest BCUT2D eigenvalue weighted by Gasteiger charge is 2.19. The van der Waals surface area contributed by atoms with Gasteiger partial charge in [-0.2, -0.15) is 0 Å². The highest BCUT2D eigenvalue weighted by Crippen LogP contribution is 2.27. The molecule has 0 aliphatic rings. The number of nitrogens with zero attached hydrogens (tertiary/aromatic N) is 1. The van der Waals surface area contributed by atoms with Crippen molar-refractivity contribution in [1.82, 2.24) is 4.98 Å². The van der Waals surface area contributed by atoms with Crippen molar-refractivity contribution in [3.05, 3.63) is 65.4 Å². The molecule has 0 bridgehead atoms. The summed E-state index contributed by atoms with van der Waals surface area (Å²) in [6.07, 6.45) is 1.18. The third-order valence-corrected chi connectivity index (χ3v) is 3.63. The number of rotatable bonds is 4. The Morgan fingerprint density at radius 1 is 1.25 bits per heavy atom. The number of carbonyl (C=O) groups is 1. The fourth-order valence-electron chi connectivity index (χ4n) is 2.13. The molecule has 1 aromatic heterocycles. The van der Waals surface area contributed by atoms with Crippen LogP contribution >= 0.6 is 11.6 Å². The molecule has 7 heteroatoms. The SMILES string of the molecule is COc1ccc(-c2ocnc2C(=O)Nc2ccc(F)cc2Cl)cc1. The number of carbonyl (C=O) groups excluding carboxylic acids is 1. The Morgan fingerprint density at radius 3 is 2.67 bits per heavy atom. The molecule has 0 aliphatic carbocycles. The number of hydrogen-bond donors (Lipinski definition) is 1. The molecule has 3 rings (SSSR count). The van der Waals surface area contributed by atoms with Gasteiger partial charge < -0.3 is 14.5 Å². The average molecular weight is 347 g/mol. The van der Waals surface area contributed by atoms with E-state index in [-0.39, 0.29) is 16.4 Å². The highest BCUT2D eigenvalue weighted by molar-refractivity contribution is 6.34. The summed E-state index contributed by atoms with van der Waals surface area (Å²) in [6, 6.07) is 10.7. The Balaban J connectivity index is 1.87. The molecule has 0 fully saturated rings. The molecule has 1 amide bonds. The van der Waals surface area contributed by atoms with Gasteiger partial charge in [0.05, 0.1) is 17.8 Å². The van der Waals surface area contributed by atoms with Crippen LogP contribution in [0.4, 0.5) is 10.1 Å². The molecule has 24 heavy (non-hydrogen) atoms. The quantitative estimate of drug-likeness (QED) is 0.760. The largest absolute Gasteiger partial charge is 0.497 e. The van der Waals surface area contributed by atoms with E-state index in [4.69, 9.17) is 20.8 Å². The molecule has 5 nitrogen and oxygen atoms in total. The first-order valence-corrected chi connectivity index (χ1v) is 7.30. The zero-order valence-electron chi connectivity index (χ0n) is 12.5. The van der Waals surface area contributed by atoms with Crippen molar-refractivity contribution in [3.8, 4) is 17.1 Å². The van der Waals surface area contributed by atoms with Gasteiger partial charge in [-0.15, -0.1) is 0 Å². The van der Waals surface area contributed by atoms with Crippen molar-refractivity contribution >= 4 is 23.2 Å². The maximum absolute atomic E-state index is 13.1. The molecular formula is C17H12ClFN2O3. The van der Waals surface area contributed by atoms with Crippen LogP contribution in [0.5, 0.6) is 5.75 Å². The van der Waals surface area contributed by atoms with E-state index in [0.717, 1.165) is 6.07 Å². The lowest BCUT2D eigenvalue weighted by molar-refractivity contribution is 0.102. The minimum Gasteiger partial charge on any atom is -0.497 e. The number of methoxy groups -OCH3 is 1. The molecule has 0 saturated carbocycles. The third kappa shape index (κ3) is 3.23. The lowest BCUT2D eigenvalue weighted by Crippen LogP contribution is -2.13. The van der Waals surface area contributed by atoms with E-state index >= 15 is 0 Å². The first-order chi connectivity index (χ1) is 11.6. The number of aromatic nitrogens is 1. The van der Waals surface area contributed by atoms with Crippen LogP contribution in [-0.4, -0.2) is 18.0 Å². The molecule has 2 aromatic carbocycles. The summed E-state index contributed by atoms with van der Waals surface area (Å²) < 4.78 is 23.5. The Kier molecular flexibility index (Phi) is 4.48. The molecule has 1 N–H and O–H groups in total. The molecule has 3 aromatic rings. The second kappa shape index (κ2) is 6.72. The second-order valence-electron chi connectivity index (χ2n) is 4.84. The van der Waals surface area contributed by atoms with Crippen molar-refractivity contribution in [2.45, 2.75) is 0 Å². The standard InChI is InChI=1S/C17H12ClFN2O3/c1-23-12-5-2-10(3-6-12)16-15(20-9-24-16)17(22)21-14-7-4-11(19)8-13(14)18/h2-9H,1H3,(H,21,22). The van der Waals surface area contributed by atoms with Crippen LogP contribution in [-0.2, 0) is 0 Å². The van der Waals surface area contributed by atoms with Crippen molar-refractivity contribution in [1.29, 1.82) is 0 Å². The maximum atomic E-state index is 13.1. The average Bonchev–Trinajstić information content (AvgIpc) is 3.07. The van der Waals surface area contributed by atoms with Crippen molar-refractivity contribution in [2.75, 3.05) is 12.4 Å². The Hall–Kier alpha value is -2.86. The molecule has 0 unspecified atom stereocenters. The summed E-state index contributed by atoms with van der Waals surface area (Å²) in [6.45, 7) is 0. The van der Waals surface area contributed by atoms with Crippen LogP contribution < -0.4 is 10.1 Å². The van der Waals surface area contributed by atoms with E-state index in [9.17, 15) is 9.18 Å². The van der Waals surface area contributed by atoms with Gasteiger partial charge in [0.1, 0.15) is 11.6 Å². The summed E-state index contributed by atoms with van der Waals surface area (Å²) in [5.74, 6) is -0.00261. The van der Waals surface area contributed by atoms with Crippen LogP contribution in [0.2, 0.25) is 5.02 Å². The second-order valence-corrected chi connectivity index (χ2v) is 5.24. The Morgan fingerprint density at radius 2 is 2.00 bits per heavy atom. The molecule has 0 aliphatic heterocycles. The lowest BCUT2D eigenvalue weighted by Gasteiger charge is -2.07. The van der Waals surface area contributed by atoms with Crippen LogP contribution in [0, 0.1) is 5.82 Å². The van der Waals surface area contributed by atoms with Crippen LogP contribution in [0.1, 0.15) is 10.5 Å². The first-order valence-electron chi connectivity index (χ1n) is 6.93. The zero-order valence-corrected chi connectivity index (χ0v) is 13.3. The predicted molar refractivity (Wildman–Crippen MR) is 87.9 cm³/mol. The maximum Gasteiger partial charge on any atom is 0.278 e. The van der Waals surface area contributed by atoms with Gasteiger partial charge in [0.2, 0.25) is 0 Å². The molecule has 1 heterocycles. The van der Waals surface area contributed by atoms with Crippen molar-refractivity contribution in [2.24, 2.45) is 0 Å². The summed E-state index contributed by atoms with van der Waals surface area (Å²) in [5.41, 5.74) is 1.05. The Bertz CT molecular complexity index is 878. The van der Waals surface area contributed by atoms with Gasteiger partial charge in [-0.3, -0.25) is 4.79 Å². The van der Waals surface area contributed by atoms with Gasteiger partial charge >= 0.3 is 0 Å². The normalized spacial score (nSPS) is 10.5. The first kappa shape index (κ1) is 16.0. The van der Waals surface area contributed by atoms with E-state index in [1.165, 1.54) is 18.5 Å². The number of oxazole rings is 1. The zero-order chi connectivity index (χ0) is 17.1. The van der Waals surface area contributed by atoms with Gasteiger partial charge in [0.25, 0.3) is 5.91 Å². The fourth-order valence-corrected chi connectivity index (χ4v) is 2.34. The fraction of sp³-hybridized carbons (Fsp3) is 0.0588. The van der Waals surface area contributed by atoms with E-state index in [1.807, 2.05) is 0 Å². The lowest BCUT2D eigenvalue weighted by atomic mass is 10.1. The van der Waals surface area contributed by atoms with Crippen LogP contribution in [0.3, 0.4) is 0 Å². The number of amides is 1. The minimum atomic E-state index is -0.511. The number of anilines is 1. The van der Waals surface area contributed by atoms with Crippen LogP contribution in [0.15, 0.2) is 53.3 Å². The summed E-state index contributed by atoms with van der Waals surface area (Å²) in [7, 11) is 1.56. The van der Waals surface area contributed by atoms with E-state index in [0.29, 0.717) is 17.1 Å². The van der Waals surface area contributed by atoms with Crippen molar-refractivity contribution in [3.63, 3.8) is 0 Å². The summed E-state index contributed by atoms with van der Waals surface area (Å²) in [5, 5.41) is 2.68. The number of halogens is 2. The topological polar surface area (TPSA) is 64.4 Å². The molecule has 0 radical (unpaired) electrons. The molecule has 0 atom stereocenters. The van der Waals surface area contributed by atoms with E-state index in [2.05, 4.69) is 10.3 Å². The monoisotopic (exact) mass is 346 g/mol. The summed E-state index contributed by atoms with van der Waals surface area (Å²) >= 11 is 5.91. The van der Waals surface area contributed by atoms with Crippen molar-refractivity contribution < 1.29 is 18.3 Å². The van der Waals surface area contributed by atoms with Gasteiger partial charge in [-0.1, -0.05) is 11.6 Å². The molecule has 0 spiro atoms. The van der Waals surface area contributed by atoms with E-state index < -0.39 is 11.7 Å². The molecule has 122 valence electrons. The summed E-state index contributed by atoms with van der Waals surface area (Å²) in [4.78, 5) is 16.4. The smallest absolute Gasteiger partial charge is 0.278 e. The predicted octanol–water partition coefficient (Wildman–Crippen LogP) is 4.40. The van der Waals surface area contributed by atoms with Crippen LogP contribution in [0.25, 0.3) is 11.3 Å². The minimum absolute atomic E-state index is 0.0952. The Labute approximate surface area is 142 Å². The number of ether oxygens (including phenoxy) is 1. The number of hydrogen-bond acceptors (Lipinski definition) is 4.